The van der Waals surface area contributed by atoms with Gasteiger partial charge in [-0.15, -0.1) is 0 Å². The van der Waals surface area contributed by atoms with E-state index in [2.05, 4.69) is 14.9 Å². The quantitative estimate of drug-likeness (QED) is 0.622. The molecule has 1 amide bonds. The van der Waals surface area contributed by atoms with Gasteiger partial charge in [-0.1, -0.05) is 17.7 Å². The van der Waals surface area contributed by atoms with Crippen molar-refractivity contribution in [2.24, 2.45) is 0 Å². The first-order valence-electron chi connectivity index (χ1n) is 9.15. The zero-order chi connectivity index (χ0) is 20.4. The van der Waals surface area contributed by atoms with Gasteiger partial charge in [0.05, 0.1) is 22.4 Å². The second-order valence-electron chi connectivity index (χ2n) is 7.17. The molecule has 1 aromatic carbocycles. The Morgan fingerprint density at radius 2 is 1.93 bits per heavy atom. The average molecular weight is 450 g/mol. The van der Waals surface area contributed by atoms with Crippen LogP contribution in [0, 0.1) is 0 Å². The molecule has 0 spiro atoms. The SMILES string of the molecule is O=C(CCNS(=O)(=O)c1cccc(Cl)c1)NC1CS(=O)(=O)CC1N1CCCC1. The monoisotopic (exact) mass is 449 g/mol. The van der Waals surface area contributed by atoms with E-state index in [-0.39, 0.29) is 41.3 Å². The summed E-state index contributed by atoms with van der Waals surface area (Å²) in [5.74, 6) is -0.395. The van der Waals surface area contributed by atoms with Crippen molar-refractivity contribution in [3.05, 3.63) is 29.3 Å². The number of nitrogens with one attached hydrogen (secondary N) is 2. The maximum atomic E-state index is 12.3. The Bertz CT molecular complexity index is 930. The smallest absolute Gasteiger partial charge is 0.240 e. The van der Waals surface area contributed by atoms with Crippen LogP contribution in [0.2, 0.25) is 5.02 Å². The van der Waals surface area contributed by atoms with Crippen LogP contribution in [0.1, 0.15) is 19.3 Å². The lowest BCUT2D eigenvalue weighted by Gasteiger charge is -2.28. The van der Waals surface area contributed by atoms with Crippen LogP contribution in [0.25, 0.3) is 0 Å². The maximum absolute atomic E-state index is 12.3. The van der Waals surface area contributed by atoms with Crippen LogP contribution in [0.3, 0.4) is 0 Å². The molecule has 2 heterocycles. The lowest BCUT2D eigenvalue weighted by atomic mass is 10.1. The zero-order valence-corrected chi connectivity index (χ0v) is 17.7. The molecule has 2 unspecified atom stereocenters. The van der Waals surface area contributed by atoms with Crippen LogP contribution >= 0.6 is 11.6 Å². The number of halogens is 1. The highest BCUT2D eigenvalue weighted by atomic mass is 35.5. The molecule has 2 saturated heterocycles. The van der Waals surface area contributed by atoms with E-state index in [1.807, 2.05) is 0 Å². The Balaban J connectivity index is 1.53. The van der Waals surface area contributed by atoms with Gasteiger partial charge in [0.1, 0.15) is 0 Å². The second kappa shape index (κ2) is 8.66. The normalized spacial score (nSPS) is 25.0. The molecule has 3 rings (SSSR count). The van der Waals surface area contributed by atoms with E-state index < -0.39 is 25.9 Å². The van der Waals surface area contributed by atoms with Crippen LogP contribution in [-0.4, -0.2) is 70.9 Å². The largest absolute Gasteiger partial charge is 0.351 e. The highest BCUT2D eigenvalue weighted by Gasteiger charge is 2.42. The third-order valence-electron chi connectivity index (χ3n) is 5.03. The van der Waals surface area contributed by atoms with Crippen molar-refractivity contribution in [2.75, 3.05) is 31.1 Å². The van der Waals surface area contributed by atoms with Crippen molar-refractivity contribution in [3.8, 4) is 0 Å². The fourth-order valence-electron chi connectivity index (χ4n) is 3.70. The third-order valence-corrected chi connectivity index (χ3v) is 8.44. The summed E-state index contributed by atoms with van der Waals surface area (Å²) < 4.78 is 50.9. The molecule has 2 aliphatic rings. The summed E-state index contributed by atoms with van der Waals surface area (Å²) in [6.07, 6.45) is 1.98. The molecular formula is C17H24ClN3O5S2. The number of sulfonamides is 1. The Labute approximate surface area is 170 Å². The van der Waals surface area contributed by atoms with Crippen LogP contribution in [0.4, 0.5) is 0 Å². The van der Waals surface area contributed by atoms with Gasteiger partial charge < -0.3 is 5.32 Å². The van der Waals surface area contributed by atoms with Crippen molar-refractivity contribution in [1.82, 2.24) is 14.9 Å². The number of rotatable bonds is 7. The van der Waals surface area contributed by atoms with Crippen molar-refractivity contribution in [1.29, 1.82) is 0 Å². The maximum Gasteiger partial charge on any atom is 0.240 e. The molecule has 0 aliphatic carbocycles. The van der Waals surface area contributed by atoms with Crippen LogP contribution in [-0.2, 0) is 24.7 Å². The number of amides is 1. The molecule has 156 valence electrons. The van der Waals surface area contributed by atoms with Crippen molar-refractivity contribution in [2.45, 2.75) is 36.2 Å². The number of benzene rings is 1. The molecule has 2 N–H and O–H groups in total. The van der Waals surface area contributed by atoms with Crippen molar-refractivity contribution >= 4 is 37.4 Å². The van der Waals surface area contributed by atoms with Crippen LogP contribution in [0.5, 0.6) is 0 Å². The molecule has 8 nitrogen and oxygen atoms in total. The lowest BCUT2D eigenvalue weighted by Crippen LogP contribution is -2.50. The standard InChI is InChI=1S/C17H24ClN3O5S2/c18-13-4-3-5-14(10-13)28(25,26)19-7-6-17(22)20-15-11-27(23,24)12-16(15)21-8-1-2-9-21/h3-5,10,15-16,19H,1-2,6-9,11-12H2,(H,20,22). The summed E-state index contributed by atoms with van der Waals surface area (Å²) >= 11 is 5.81. The first kappa shape index (κ1) is 21.5. The van der Waals surface area contributed by atoms with Gasteiger partial charge in [0.15, 0.2) is 9.84 Å². The van der Waals surface area contributed by atoms with Gasteiger partial charge in [0.2, 0.25) is 15.9 Å². The Hall–Kier alpha value is -1.20. The van der Waals surface area contributed by atoms with Gasteiger partial charge in [-0.05, 0) is 44.1 Å². The highest BCUT2D eigenvalue weighted by molar-refractivity contribution is 7.91. The number of likely N-dealkylation sites (tertiary alicyclic amines) is 1. The number of sulfone groups is 1. The predicted molar refractivity (Wildman–Crippen MR) is 106 cm³/mol. The Morgan fingerprint density at radius 1 is 1.21 bits per heavy atom. The van der Waals surface area contributed by atoms with E-state index in [0.29, 0.717) is 5.02 Å². The van der Waals surface area contributed by atoms with Crippen molar-refractivity contribution < 1.29 is 21.6 Å². The summed E-state index contributed by atoms with van der Waals surface area (Å²) in [5, 5.41) is 3.08. The minimum atomic E-state index is -3.77. The number of hydrogen-bond acceptors (Lipinski definition) is 6. The van der Waals surface area contributed by atoms with E-state index in [1.54, 1.807) is 6.07 Å². The molecular weight excluding hydrogens is 426 g/mol. The summed E-state index contributed by atoms with van der Waals surface area (Å²) in [6, 6.07) is 5.18. The first-order chi connectivity index (χ1) is 13.2. The van der Waals surface area contributed by atoms with Crippen LogP contribution in [0.15, 0.2) is 29.2 Å². The summed E-state index contributed by atoms with van der Waals surface area (Å²) in [4.78, 5) is 14.4. The Morgan fingerprint density at radius 3 is 2.61 bits per heavy atom. The molecule has 2 atom stereocenters. The molecule has 28 heavy (non-hydrogen) atoms. The van der Waals surface area contributed by atoms with Gasteiger partial charge in [-0.25, -0.2) is 21.6 Å². The number of nitrogens with zero attached hydrogens (tertiary/aromatic N) is 1. The van der Waals surface area contributed by atoms with E-state index in [4.69, 9.17) is 11.6 Å². The van der Waals surface area contributed by atoms with Crippen LogP contribution < -0.4 is 10.0 Å². The van der Waals surface area contributed by atoms with Gasteiger partial charge in [0.25, 0.3) is 0 Å². The van der Waals surface area contributed by atoms with Gasteiger partial charge in [0, 0.05) is 24.0 Å². The molecule has 0 saturated carbocycles. The molecule has 0 radical (unpaired) electrons. The predicted octanol–water partition coefficient (Wildman–Crippen LogP) is 0.386. The molecule has 0 bridgehead atoms. The Kier molecular flexibility index (Phi) is 6.65. The van der Waals surface area contributed by atoms with Gasteiger partial charge >= 0.3 is 0 Å². The number of hydrogen-bond donors (Lipinski definition) is 2. The van der Waals surface area contributed by atoms with E-state index in [9.17, 15) is 21.6 Å². The van der Waals surface area contributed by atoms with Gasteiger partial charge in [-0.3, -0.25) is 9.69 Å². The van der Waals surface area contributed by atoms with Crippen molar-refractivity contribution in [3.63, 3.8) is 0 Å². The molecule has 2 aliphatic heterocycles. The number of carbonyl (C=O) groups excluding carboxylic acids is 1. The van der Waals surface area contributed by atoms with E-state index in [0.717, 1.165) is 25.9 Å². The highest BCUT2D eigenvalue weighted by Crippen LogP contribution is 2.22. The molecule has 11 heteroatoms. The third kappa shape index (κ3) is 5.44. The minimum Gasteiger partial charge on any atom is -0.351 e. The average Bonchev–Trinajstić information content (AvgIpc) is 3.22. The lowest BCUT2D eigenvalue weighted by molar-refractivity contribution is -0.121. The van der Waals surface area contributed by atoms with Gasteiger partial charge in [-0.2, -0.15) is 0 Å². The fraction of sp³-hybridized carbons (Fsp3) is 0.588. The topological polar surface area (TPSA) is 113 Å². The summed E-state index contributed by atoms with van der Waals surface area (Å²) in [6.45, 7) is 1.59. The number of carbonyl (C=O) groups is 1. The minimum absolute atomic E-state index is 0.0244. The van der Waals surface area contributed by atoms with E-state index in [1.165, 1.54) is 18.2 Å². The zero-order valence-electron chi connectivity index (χ0n) is 15.3. The first-order valence-corrected chi connectivity index (χ1v) is 12.8. The molecule has 1 aromatic rings. The molecule has 0 aromatic heterocycles. The fourth-order valence-corrected chi connectivity index (χ4v) is 6.98. The molecule has 2 fully saturated rings. The van der Waals surface area contributed by atoms with E-state index >= 15 is 0 Å². The second-order valence-corrected chi connectivity index (χ2v) is 11.5. The summed E-state index contributed by atoms with van der Waals surface area (Å²) in [7, 11) is -6.96. The summed E-state index contributed by atoms with van der Waals surface area (Å²) in [5.41, 5.74) is 0.